The summed E-state index contributed by atoms with van der Waals surface area (Å²) in [5.74, 6) is 0. The van der Waals surface area contributed by atoms with E-state index in [0.29, 0.717) is 0 Å². The molecular formula is C55H36. The van der Waals surface area contributed by atoms with Crippen molar-refractivity contribution < 1.29 is 0 Å². The van der Waals surface area contributed by atoms with Crippen LogP contribution in [0.3, 0.4) is 0 Å². The average molecular weight is 697 g/mol. The van der Waals surface area contributed by atoms with Gasteiger partial charge in [-0.2, -0.15) is 0 Å². The second kappa shape index (κ2) is 12.5. The van der Waals surface area contributed by atoms with Crippen molar-refractivity contribution in [1.82, 2.24) is 0 Å². The molecule has 256 valence electrons. The normalized spacial score (nSPS) is 12.9. The van der Waals surface area contributed by atoms with E-state index < -0.39 is 5.41 Å². The standard InChI is InChI=1S/C55H36/c1-3-17-43(18-4-1)55(44-19-5-2-6-20-44)51-26-14-13-21-45(51)46-34-33-41(36-52(46)55)38-27-30-39(31-28-38)53-47-22-9-11-24-49(47)54(50-25-12-10-23-48(50)53)42-32-29-37-15-7-8-16-40(37)35-42/h1-36H. The van der Waals surface area contributed by atoms with Crippen LogP contribution >= 0.6 is 0 Å². The Hall–Kier alpha value is -7.02. The topological polar surface area (TPSA) is 0 Å². The van der Waals surface area contributed by atoms with E-state index in [2.05, 4.69) is 218 Å². The highest BCUT2D eigenvalue weighted by Gasteiger charge is 2.46. The lowest BCUT2D eigenvalue weighted by Gasteiger charge is -2.34. The molecule has 0 amide bonds. The predicted octanol–water partition coefficient (Wildman–Crippen LogP) is 14.5. The van der Waals surface area contributed by atoms with E-state index in [1.165, 1.54) is 99.1 Å². The molecule has 0 radical (unpaired) electrons. The highest BCUT2D eigenvalue weighted by atomic mass is 14.5. The van der Waals surface area contributed by atoms with Crippen LogP contribution in [0.4, 0.5) is 0 Å². The fraction of sp³-hybridized carbons (Fsp3) is 0.0182. The lowest BCUT2D eigenvalue weighted by Crippen LogP contribution is -2.28. The van der Waals surface area contributed by atoms with Crippen LogP contribution in [-0.2, 0) is 5.41 Å². The fourth-order valence-electron chi connectivity index (χ4n) is 9.55. The third-order valence-corrected chi connectivity index (χ3v) is 11.9. The molecule has 1 aliphatic carbocycles. The van der Waals surface area contributed by atoms with E-state index in [1.807, 2.05) is 0 Å². The van der Waals surface area contributed by atoms with Crippen LogP contribution in [0.5, 0.6) is 0 Å². The highest BCUT2D eigenvalue weighted by Crippen LogP contribution is 2.56. The molecule has 0 atom stereocenters. The lowest BCUT2D eigenvalue weighted by molar-refractivity contribution is 0.769. The van der Waals surface area contributed by atoms with Gasteiger partial charge < -0.3 is 0 Å². The van der Waals surface area contributed by atoms with E-state index in [0.717, 1.165) is 0 Å². The molecule has 0 spiro atoms. The van der Waals surface area contributed by atoms with Gasteiger partial charge in [-0.05, 0) is 111 Å². The van der Waals surface area contributed by atoms with Gasteiger partial charge in [-0.1, -0.05) is 206 Å². The number of hydrogen-bond acceptors (Lipinski definition) is 0. The molecular weight excluding hydrogens is 661 g/mol. The van der Waals surface area contributed by atoms with Crippen molar-refractivity contribution in [3.63, 3.8) is 0 Å². The Morgan fingerprint density at radius 2 is 0.709 bits per heavy atom. The minimum absolute atomic E-state index is 0.422. The third-order valence-electron chi connectivity index (χ3n) is 11.9. The molecule has 11 rings (SSSR count). The van der Waals surface area contributed by atoms with E-state index >= 15 is 0 Å². The Kier molecular flexibility index (Phi) is 7.19. The third kappa shape index (κ3) is 4.78. The molecule has 0 saturated carbocycles. The molecule has 0 unspecified atom stereocenters. The Balaban J connectivity index is 1.08. The smallest absolute Gasteiger partial charge is 0.0622 e. The Morgan fingerprint density at radius 3 is 1.35 bits per heavy atom. The summed E-state index contributed by atoms with van der Waals surface area (Å²) in [5.41, 5.74) is 14.9. The molecule has 0 aromatic heterocycles. The van der Waals surface area contributed by atoms with E-state index in [-0.39, 0.29) is 0 Å². The summed E-state index contributed by atoms with van der Waals surface area (Å²) < 4.78 is 0. The van der Waals surface area contributed by atoms with Gasteiger partial charge in [0.25, 0.3) is 0 Å². The van der Waals surface area contributed by atoms with E-state index in [4.69, 9.17) is 0 Å². The van der Waals surface area contributed by atoms with Gasteiger partial charge in [-0.15, -0.1) is 0 Å². The molecule has 0 bridgehead atoms. The number of rotatable bonds is 5. The number of benzene rings is 10. The molecule has 0 heterocycles. The van der Waals surface area contributed by atoms with Gasteiger partial charge in [0.05, 0.1) is 5.41 Å². The second-order valence-electron chi connectivity index (χ2n) is 14.8. The van der Waals surface area contributed by atoms with Gasteiger partial charge in [0.2, 0.25) is 0 Å². The Bertz CT molecular complexity index is 2970. The maximum Gasteiger partial charge on any atom is 0.0713 e. The first-order valence-electron chi connectivity index (χ1n) is 19.2. The summed E-state index contributed by atoms with van der Waals surface area (Å²) in [7, 11) is 0. The zero-order valence-corrected chi connectivity index (χ0v) is 30.3. The first kappa shape index (κ1) is 31.5. The van der Waals surface area contributed by atoms with Gasteiger partial charge in [0.1, 0.15) is 0 Å². The molecule has 55 heavy (non-hydrogen) atoms. The van der Waals surface area contributed by atoms with Crippen molar-refractivity contribution in [2.75, 3.05) is 0 Å². The predicted molar refractivity (Wildman–Crippen MR) is 233 cm³/mol. The first-order valence-corrected chi connectivity index (χ1v) is 19.2. The average Bonchev–Trinajstić information content (AvgIpc) is 3.56. The molecule has 0 saturated heterocycles. The van der Waals surface area contributed by atoms with Crippen molar-refractivity contribution in [3.8, 4) is 44.5 Å². The maximum atomic E-state index is 2.45. The van der Waals surface area contributed by atoms with Crippen molar-refractivity contribution in [3.05, 3.63) is 241 Å². The monoisotopic (exact) mass is 696 g/mol. The molecule has 0 N–H and O–H groups in total. The first-order chi connectivity index (χ1) is 27.3. The van der Waals surface area contributed by atoms with Crippen molar-refractivity contribution in [1.29, 1.82) is 0 Å². The van der Waals surface area contributed by atoms with Crippen LogP contribution in [0, 0.1) is 0 Å². The highest BCUT2D eigenvalue weighted by molar-refractivity contribution is 6.21. The van der Waals surface area contributed by atoms with Gasteiger partial charge in [0, 0.05) is 0 Å². The minimum Gasteiger partial charge on any atom is -0.0622 e. The minimum atomic E-state index is -0.422. The summed E-state index contributed by atoms with van der Waals surface area (Å²) in [4.78, 5) is 0. The van der Waals surface area contributed by atoms with Crippen LogP contribution in [0.15, 0.2) is 218 Å². The van der Waals surface area contributed by atoms with Gasteiger partial charge in [-0.3, -0.25) is 0 Å². The van der Waals surface area contributed by atoms with Crippen LogP contribution in [0.1, 0.15) is 22.3 Å². The van der Waals surface area contributed by atoms with Gasteiger partial charge in [-0.25, -0.2) is 0 Å². The second-order valence-corrected chi connectivity index (χ2v) is 14.8. The Morgan fingerprint density at radius 1 is 0.255 bits per heavy atom. The lowest BCUT2D eigenvalue weighted by atomic mass is 9.67. The molecule has 10 aromatic carbocycles. The molecule has 10 aromatic rings. The van der Waals surface area contributed by atoms with Crippen molar-refractivity contribution in [2.24, 2.45) is 0 Å². The quantitative estimate of drug-likeness (QED) is 0.157. The van der Waals surface area contributed by atoms with E-state index in [9.17, 15) is 0 Å². The van der Waals surface area contributed by atoms with Gasteiger partial charge >= 0.3 is 0 Å². The summed E-state index contributed by atoms with van der Waals surface area (Å²) >= 11 is 0. The zero-order valence-electron chi connectivity index (χ0n) is 30.3. The summed E-state index contributed by atoms with van der Waals surface area (Å²) in [6, 6.07) is 80.8. The van der Waals surface area contributed by atoms with Crippen LogP contribution < -0.4 is 0 Å². The van der Waals surface area contributed by atoms with Crippen LogP contribution in [0.25, 0.3) is 76.8 Å². The van der Waals surface area contributed by atoms with Crippen LogP contribution in [-0.4, -0.2) is 0 Å². The maximum absolute atomic E-state index is 2.45. The summed E-state index contributed by atoms with van der Waals surface area (Å²) in [6.45, 7) is 0. The molecule has 0 nitrogen and oxygen atoms in total. The SMILES string of the molecule is c1ccc(C2(c3ccccc3)c3ccccc3-c3ccc(-c4ccc(-c5c6ccccc6c(-c6ccc7ccccc7c6)c6ccccc56)cc4)cc32)cc1. The molecule has 0 aliphatic heterocycles. The zero-order chi connectivity index (χ0) is 36.3. The van der Waals surface area contributed by atoms with E-state index in [1.54, 1.807) is 0 Å². The van der Waals surface area contributed by atoms with Gasteiger partial charge in [0.15, 0.2) is 0 Å². The Labute approximate surface area is 321 Å². The molecule has 0 fully saturated rings. The number of hydrogen-bond donors (Lipinski definition) is 0. The molecule has 1 aliphatic rings. The number of fused-ring (bicyclic) bond motifs is 6. The summed E-state index contributed by atoms with van der Waals surface area (Å²) in [5, 5.41) is 7.59. The summed E-state index contributed by atoms with van der Waals surface area (Å²) in [6.07, 6.45) is 0. The van der Waals surface area contributed by atoms with Crippen molar-refractivity contribution in [2.45, 2.75) is 5.41 Å². The molecule has 0 heteroatoms. The van der Waals surface area contributed by atoms with Crippen molar-refractivity contribution >= 4 is 32.3 Å². The largest absolute Gasteiger partial charge is 0.0713 e. The fourth-order valence-corrected chi connectivity index (χ4v) is 9.55. The van der Waals surface area contributed by atoms with Crippen LogP contribution in [0.2, 0.25) is 0 Å².